The molecule has 0 bridgehead atoms. The molecule has 0 fully saturated rings. The summed E-state index contributed by atoms with van der Waals surface area (Å²) in [5, 5.41) is 0. The molecule has 2 aromatic rings. The lowest BCUT2D eigenvalue weighted by molar-refractivity contribution is 1.25. The Morgan fingerprint density at radius 1 is 1.60 bits per heavy atom. The molecule has 2 heterocycles. The molecule has 4 nitrogen and oxygen atoms in total. The first-order valence-corrected chi connectivity index (χ1v) is 2.81. The first kappa shape index (κ1) is 5.22. The molecule has 4 heteroatoms. The fraction of sp³-hybridized carbons (Fsp3) is 0. The predicted octanol–water partition coefficient (Wildman–Crippen LogP) is 0.0514. The molecule has 0 spiro atoms. The minimum Gasteiger partial charge on any atom is -0.335 e. The van der Waals surface area contributed by atoms with Gasteiger partial charge in [0.15, 0.2) is 11.8 Å². The van der Waals surface area contributed by atoms with E-state index in [1.165, 1.54) is 0 Å². The number of pyridine rings is 1. The van der Waals surface area contributed by atoms with Crippen molar-refractivity contribution in [2.75, 3.05) is 0 Å². The Morgan fingerprint density at radius 3 is 3.30 bits per heavy atom. The van der Waals surface area contributed by atoms with E-state index in [0.29, 0.717) is 11.0 Å². The average molecular weight is 134 g/mol. The highest BCUT2D eigenvalue weighted by Gasteiger charge is 1.96. The van der Waals surface area contributed by atoms with Crippen LogP contribution in [0.2, 0.25) is 0 Å². The molecule has 0 unspecified atom stereocenters. The third-order valence-corrected chi connectivity index (χ3v) is 1.29. The summed E-state index contributed by atoms with van der Waals surface area (Å²) in [6, 6.07) is 1.74. The van der Waals surface area contributed by atoms with Gasteiger partial charge in [-0.15, -0.1) is 0 Å². The molecule has 49 valence electrons. The first-order valence-electron chi connectivity index (χ1n) is 2.81. The van der Waals surface area contributed by atoms with Gasteiger partial charge in [0.2, 0.25) is 0 Å². The van der Waals surface area contributed by atoms with Gasteiger partial charge in [-0.1, -0.05) is 0 Å². The summed E-state index contributed by atoms with van der Waals surface area (Å²) in [4.78, 5) is 19.8. The minimum absolute atomic E-state index is 0.185. The second kappa shape index (κ2) is 1.70. The van der Waals surface area contributed by atoms with E-state index in [1.807, 2.05) is 0 Å². The zero-order chi connectivity index (χ0) is 6.97. The highest BCUT2D eigenvalue weighted by molar-refractivity contribution is 5.72. The van der Waals surface area contributed by atoms with Crippen molar-refractivity contribution in [1.29, 1.82) is 0 Å². The first-order chi connectivity index (χ1) is 4.88. The second-order valence-electron chi connectivity index (χ2n) is 1.92. The number of rotatable bonds is 0. The quantitative estimate of drug-likeness (QED) is 0.534. The summed E-state index contributed by atoms with van der Waals surface area (Å²) in [5.41, 5.74) is 0.932. The molecule has 0 aliphatic rings. The van der Waals surface area contributed by atoms with Gasteiger partial charge in [0.25, 0.3) is 5.56 Å². The number of nitrogens with zero attached hydrogens (tertiary/aromatic N) is 1. The lowest BCUT2D eigenvalue weighted by Crippen LogP contribution is -2.03. The van der Waals surface area contributed by atoms with Crippen molar-refractivity contribution < 1.29 is 0 Å². The van der Waals surface area contributed by atoms with E-state index in [9.17, 15) is 4.79 Å². The summed E-state index contributed by atoms with van der Waals surface area (Å²) >= 11 is 0. The smallest absolute Gasteiger partial charge is 0.276 e. The summed E-state index contributed by atoms with van der Waals surface area (Å²) in [6.45, 7) is 0. The SMILES string of the molecule is O=c1[nH]ccc2[nH][c]nc12. The summed E-state index contributed by atoms with van der Waals surface area (Å²) in [6.07, 6.45) is 4.05. The van der Waals surface area contributed by atoms with Crippen molar-refractivity contribution in [2.24, 2.45) is 0 Å². The van der Waals surface area contributed by atoms with E-state index >= 15 is 0 Å². The molecule has 2 rings (SSSR count). The van der Waals surface area contributed by atoms with Gasteiger partial charge in [-0.05, 0) is 6.07 Å². The van der Waals surface area contributed by atoms with Gasteiger partial charge in [-0.2, -0.15) is 0 Å². The molecule has 0 atom stereocenters. The maximum atomic E-state index is 10.9. The highest BCUT2D eigenvalue weighted by Crippen LogP contribution is 1.98. The summed E-state index contributed by atoms with van der Waals surface area (Å²) in [5.74, 6) is 0. The topological polar surface area (TPSA) is 61.5 Å². The number of nitrogens with one attached hydrogen (secondary N) is 2. The number of imidazole rings is 1. The van der Waals surface area contributed by atoms with Crippen LogP contribution in [-0.4, -0.2) is 15.0 Å². The maximum absolute atomic E-state index is 10.9. The molecular weight excluding hydrogens is 130 g/mol. The molecular formula is C6H4N3O. The monoisotopic (exact) mass is 134 g/mol. The van der Waals surface area contributed by atoms with Gasteiger partial charge in [-0.3, -0.25) is 4.79 Å². The number of aromatic nitrogens is 3. The second-order valence-corrected chi connectivity index (χ2v) is 1.92. The normalized spacial score (nSPS) is 10.4. The molecule has 0 aliphatic carbocycles. The minimum atomic E-state index is -0.185. The van der Waals surface area contributed by atoms with Crippen molar-refractivity contribution in [3.63, 3.8) is 0 Å². The van der Waals surface area contributed by atoms with E-state index in [1.54, 1.807) is 12.3 Å². The van der Waals surface area contributed by atoms with Crippen LogP contribution < -0.4 is 5.56 Å². The van der Waals surface area contributed by atoms with E-state index in [-0.39, 0.29) is 5.56 Å². The van der Waals surface area contributed by atoms with Crippen molar-refractivity contribution in [1.82, 2.24) is 15.0 Å². The maximum Gasteiger partial charge on any atom is 0.276 e. The van der Waals surface area contributed by atoms with Gasteiger partial charge in [0, 0.05) is 6.20 Å². The number of hydrogen-bond acceptors (Lipinski definition) is 2. The molecule has 0 saturated carbocycles. The largest absolute Gasteiger partial charge is 0.335 e. The van der Waals surface area contributed by atoms with E-state index < -0.39 is 0 Å². The molecule has 0 aliphatic heterocycles. The molecule has 2 N–H and O–H groups in total. The molecule has 10 heavy (non-hydrogen) atoms. The van der Waals surface area contributed by atoms with Gasteiger partial charge in [0.1, 0.15) is 0 Å². The van der Waals surface area contributed by atoms with E-state index in [0.717, 1.165) is 0 Å². The number of hydrogen-bond donors (Lipinski definition) is 2. The van der Waals surface area contributed by atoms with Crippen molar-refractivity contribution >= 4 is 11.0 Å². The van der Waals surface area contributed by atoms with Crippen molar-refractivity contribution in [3.05, 3.63) is 28.9 Å². The van der Waals surface area contributed by atoms with Crippen LogP contribution in [0.4, 0.5) is 0 Å². The van der Waals surface area contributed by atoms with Crippen LogP contribution in [0.3, 0.4) is 0 Å². The fourth-order valence-electron chi connectivity index (χ4n) is 0.826. The Hall–Kier alpha value is -1.58. The molecule has 0 saturated heterocycles. The highest BCUT2D eigenvalue weighted by atomic mass is 16.1. The van der Waals surface area contributed by atoms with Crippen LogP contribution >= 0.6 is 0 Å². The van der Waals surface area contributed by atoms with E-state index in [2.05, 4.69) is 21.3 Å². The van der Waals surface area contributed by atoms with Gasteiger partial charge in [-0.25, -0.2) is 4.98 Å². The summed E-state index contributed by atoms with van der Waals surface area (Å²) in [7, 11) is 0. The lowest BCUT2D eigenvalue weighted by atomic mass is 10.4. The number of fused-ring (bicyclic) bond motifs is 1. The Labute approximate surface area is 55.9 Å². The Kier molecular flexibility index (Phi) is 0.887. The van der Waals surface area contributed by atoms with Gasteiger partial charge in [0.05, 0.1) is 5.52 Å². The Morgan fingerprint density at radius 2 is 2.50 bits per heavy atom. The molecule has 0 aromatic carbocycles. The van der Waals surface area contributed by atoms with Crippen LogP contribution in [0.15, 0.2) is 17.1 Å². The zero-order valence-electron chi connectivity index (χ0n) is 5.01. The Balaban J connectivity index is 3.09. The average Bonchev–Trinajstić information content (AvgIpc) is 2.36. The molecule has 2 aromatic heterocycles. The van der Waals surface area contributed by atoms with Crippen LogP contribution in [0.1, 0.15) is 0 Å². The third kappa shape index (κ3) is 0.556. The lowest BCUT2D eigenvalue weighted by Gasteiger charge is -1.82. The summed E-state index contributed by atoms with van der Waals surface area (Å²) < 4.78 is 0. The standard InChI is InChI=1S/C6H4N3O/c10-6-5-4(1-2-7-6)8-3-9-5/h1-2H,(H,7,10)(H,8,9). The number of aromatic amines is 2. The van der Waals surface area contributed by atoms with Crippen molar-refractivity contribution in [3.8, 4) is 0 Å². The van der Waals surface area contributed by atoms with Crippen LogP contribution in [-0.2, 0) is 0 Å². The predicted molar refractivity (Wildman–Crippen MR) is 35.6 cm³/mol. The van der Waals surface area contributed by atoms with Gasteiger partial charge >= 0.3 is 0 Å². The number of H-pyrrole nitrogens is 2. The van der Waals surface area contributed by atoms with Crippen LogP contribution in [0.5, 0.6) is 0 Å². The van der Waals surface area contributed by atoms with Gasteiger partial charge < -0.3 is 9.97 Å². The Bertz CT molecular complexity index is 400. The zero-order valence-corrected chi connectivity index (χ0v) is 5.01. The third-order valence-electron chi connectivity index (χ3n) is 1.29. The van der Waals surface area contributed by atoms with E-state index in [4.69, 9.17) is 0 Å². The fourth-order valence-corrected chi connectivity index (χ4v) is 0.826. The van der Waals surface area contributed by atoms with Crippen molar-refractivity contribution in [2.45, 2.75) is 0 Å². The van der Waals surface area contributed by atoms with Crippen LogP contribution in [0.25, 0.3) is 11.0 Å². The molecule has 1 radical (unpaired) electrons. The molecule has 0 amide bonds. The van der Waals surface area contributed by atoms with Crippen LogP contribution in [0, 0.1) is 6.33 Å².